The minimum absolute atomic E-state index is 0.0183. The number of rotatable bonds is 19. The molecule has 0 aliphatic rings. The SMILES string of the molecule is CC(C)[C@H](NC(=O)[C@H](CCCN=C(N)N)NC(=O)N[C@@H](Cc1ccccc1)C(=O)O)C(=O)N[C@@H](C=O)CCCN=C(N)N. The van der Waals surface area contributed by atoms with Gasteiger partial charge in [0, 0.05) is 19.5 Å². The number of carbonyl (C=O) groups is 5. The van der Waals surface area contributed by atoms with Crippen LogP contribution in [0.15, 0.2) is 40.3 Å². The molecule has 0 saturated carbocycles. The third-order valence-corrected chi connectivity index (χ3v) is 6.16. The molecule has 0 aromatic heterocycles. The smallest absolute Gasteiger partial charge is 0.326 e. The molecule has 0 aliphatic carbocycles. The van der Waals surface area contributed by atoms with Crippen molar-refractivity contribution in [1.82, 2.24) is 21.3 Å². The van der Waals surface area contributed by atoms with Crippen LogP contribution in [-0.4, -0.2) is 84.4 Å². The molecular formula is C27H44N10O6. The van der Waals surface area contributed by atoms with Gasteiger partial charge >= 0.3 is 12.0 Å². The van der Waals surface area contributed by atoms with E-state index >= 15 is 0 Å². The van der Waals surface area contributed by atoms with Gasteiger partial charge in [-0.15, -0.1) is 0 Å². The number of hydrogen-bond acceptors (Lipinski definition) is 7. The largest absolute Gasteiger partial charge is 0.480 e. The van der Waals surface area contributed by atoms with Crippen molar-refractivity contribution in [2.24, 2.45) is 38.8 Å². The van der Waals surface area contributed by atoms with Gasteiger partial charge in [0.2, 0.25) is 11.8 Å². The third kappa shape index (κ3) is 15.1. The van der Waals surface area contributed by atoms with Crippen molar-refractivity contribution in [3.8, 4) is 0 Å². The fraction of sp³-hybridized carbons (Fsp3) is 0.519. The summed E-state index contributed by atoms with van der Waals surface area (Å²) in [5.74, 6) is -3.17. The van der Waals surface area contributed by atoms with Crippen molar-refractivity contribution in [2.45, 2.75) is 70.1 Å². The number of carboxylic acid groups (broad SMARTS) is 1. The van der Waals surface area contributed by atoms with E-state index in [-0.39, 0.29) is 50.7 Å². The highest BCUT2D eigenvalue weighted by Crippen LogP contribution is 2.08. The van der Waals surface area contributed by atoms with Crippen LogP contribution < -0.4 is 44.2 Å². The molecule has 1 rings (SSSR count). The predicted octanol–water partition coefficient (Wildman–Crippen LogP) is -1.72. The number of nitrogens with zero attached hydrogens (tertiary/aromatic N) is 2. The number of guanidine groups is 2. The molecule has 0 spiro atoms. The van der Waals surface area contributed by atoms with Gasteiger partial charge in [0.1, 0.15) is 24.4 Å². The molecule has 0 radical (unpaired) electrons. The number of aliphatic carboxylic acids is 1. The summed E-state index contributed by atoms with van der Waals surface area (Å²) in [4.78, 5) is 70.3. The first kappa shape index (κ1) is 36.1. The van der Waals surface area contributed by atoms with E-state index in [1.54, 1.807) is 44.2 Å². The number of nitrogens with one attached hydrogen (secondary N) is 4. The zero-order valence-corrected chi connectivity index (χ0v) is 24.5. The van der Waals surface area contributed by atoms with Gasteiger partial charge in [0.05, 0.1) is 6.04 Å². The Balaban J connectivity index is 2.97. The molecule has 238 valence electrons. The average molecular weight is 605 g/mol. The van der Waals surface area contributed by atoms with Crippen molar-refractivity contribution in [3.05, 3.63) is 35.9 Å². The molecular weight excluding hydrogens is 560 g/mol. The minimum atomic E-state index is -1.27. The maximum atomic E-state index is 13.3. The Bertz CT molecular complexity index is 1120. The van der Waals surface area contributed by atoms with E-state index in [0.717, 1.165) is 0 Å². The number of hydrogen-bond donors (Lipinski definition) is 9. The number of amides is 4. The standard InChI is InChI=1S/C27H44N10O6/c1-16(2)21(23(40)34-18(15-38)10-6-12-32-25(28)29)37-22(39)19(11-7-13-33-26(30)31)35-27(43)36-20(24(41)42)14-17-8-4-3-5-9-17/h3-5,8-9,15-16,18-21H,6-7,10-14H2,1-2H3,(H,34,40)(H,37,39)(H,41,42)(H4,28,29,32)(H4,30,31,33)(H2,35,36,43)/t18-,19+,20+,21+/m1/s1. The molecule has 0 unspecified atom stereocenters. The molecule has 43 heavy (non-hydrogen) atoms. The lowest BCUT2D eigenvalue weighted by Crippen LogP contribution is -2.58. The number of carbonyl (C=O) groups excluding carboxylic acids is 4. The molecule has 1 aromatic rings. The van der Waals surface area contributed by atoms with Crippen molar-refractivity contribution in [3.63, 3.8) is 0 Å². The number of benzene rings is 1. The average Bonchev–Trinajstić information content (AvgIpc) is 2.94. The summed E-state index contributed by atoms with van der Waals surface area (Å²) in [6.45, 7) is 3.84. The zero-order chi connectivity index (χ0) is 32.4. The molecule has 16 nitrogen and oxygen atoms in total. The van der Waals surface area contributed by atoms with E-state index in [1.807, 2.05) is 0 Å². The first-order chi connectivity index (χ1) is 20.3. The van der Waals surface area contributed by atoms with E-state index in [2.05, 4.69) is 31.3 Å². The van der Waals surface area contributed by atoms with Crippen molar-refractivity contribution in [1.29, 1.82) is 0 Å². The van der Waals surface area contributed by atoms with E-state index < -0.39 is 53.9 Å². The van der Waals surface area contributed by atoms with Crippen LogP contribution in [-0.2, 0) is 25.6 Å². The van der Waals surface area contributed by atoms with Gasteiger partial charge in [-0.1, -0.05) is 44.2 Å². The minimum Gasteiger partial charge on any atom is -0.480 e. The fourth-order valence-corrected chi connectivity index (χ4v) is 3.94. The fourth-order valence-electron chi connectivity index (χ4n) is 3.94. The number of carboxylic acids is 1. The van der Waals surface area contributed by atoms with E-state index in [9.17, 15) is 29.1 Å². The van der Waals surface area contributed by atoms with Crippen molar-refractivity contribution in [2.75, 3.05) is 13.1 Å². The van der Waals surface area contributed by atoms with Crippen LogP contribution in [0.1, 0.15) is 45.1 Å². The highest BCUT2D eigenvalue weighted by molar-refractivity contribution is 5.93. The van der Waals surface area contributed by atoms with Crippen molar-refractivity contribution < 1.29 is 29.1 Å². The number of aldehydes is 1. The third-order valence-electron chi connectivity index (χ3n) is 6.16. The summed E-state index contributed by atoms with van der Waals surface area (Å²) in [5, 5.41) is 19.7. The van der Waals surface area contributed by atoms with Gasteiger partial charge in [0.15, 0.2) is 11.9 Å². The molecule has 0 aliphatic heterocycles. The topological polar surface area (TPSA) is 282 Å². The van der Waals surface area contributed by atoms with Crippen LogP contribution in [0.2, 0.25) is 0 Å². The van der Waals surface area contributed by atoms with Gasteiger partial charge in [-0.05, 0) is 37.2 Å². The molecule has 0 saturated heterocycles. The predicted molar refractivity (Wildman–Crippen MR) is 162 cm³/mol. The molecule has 4 atom stereocenters. The van der Waals surface area contributed by atoms with Crippen LogP contribution in [0, 0.1) is 5.92 Å². The second kappa shape index (κ2) is 19.3. The lowest BCUT2D eigenvalue weighted by atomic mass is 10.0. The van der Waals surface area contributed by atoms with Gasteiger partial charge in [0.25, 0.3) is 0 Å². The Morgan fingerprint density at radius 2 is 1.37 bits per heavy atom. The summed E-state index contributed by atoms with van der Waals surface area (Å²) in [6.07, 6.45) is 1.65. The van der Waals surface area contributed by atoms with Crippen LogP contribution in [0.5, 0.6) is 0 Å². The second-order valence-electron chi connectivity index (χ2n) is 10.1. The molecule has 0 fully saturated rings. The van der Waals surface area contributed by atoms with Crippen LogP contribution in [0.4, 0.5) is 4.79 Å². The Morgan fingerprint density at radius 3 is 1.88 bits per heavy atom. The molecule has 4 amide bonds. The van der Waals surface area contributed by atoms with Crippen molar-refractivity contribution >= 4 is 42.0 Å². The van der Waals surface area contributed by atoms with E-state index in [1.165, 1.54) is 0 Å². The summed E-state index contributed by atoms with van der Waals surface area (Å²) < 4.78 is 0. The quantitative estimate of drug-likeness (QED) is 0.0372. The van der Waals surface area contributed by atoms with Crippen LogP contribution in [0.25, 0.3) is 0 Å². The number of nitrogens with two attached hydrogens (primary N) is 4. The lowest BCUT2D eigenvalue weighted by Gasteiger charge is -2.27. The maximum Gasteiger partial charge on any atom is 0.326 e. The number of urea groups is 1. The summed E-state index contributed by atoms with van der Waals surface area (Å²) in [6, 6.07) is 3.51. The first-order valence-corrected chi connectivity index (χ1v) is 13.8. The highest BCUT2D eigenvalue weighted by atomic mass is 16.4. The van der Waals surface area contributed by atoms with Gasteiger partial charge in [-0.25, -0.2) is 9.59 Å². The monoisotopic (exact) mass is 604 g/mol. The molecule has 0 bridgehead atoms. The number of aliphatic imine (C=N–C) groups is 2. The Hall–Kier alpha value is -4.89. The second-order valence-corrected chi connectivity index (χ2v) is 10.1. The maximum absolute atomic E-state index is 13.3. The van der Waals surface area contributed by atoms with Gasteiger partial charge < -0.3 is 54.1 Å². The molecule has 0 heterocycles. The van der Waals surface area contributed by atoms with E-state index in [0.29, 0.717) is 18.3 Å². The Morgan fingerprint density at radius 1 is 0.814 bits per heavy atom. The van der Waals surface area contributed by atoms with Gasteiger partial charge in [-0.2, -0.15) is 0 Å². The molecule has 13 N–H and O–H groups in total. The highest BCUT2D eigenvalue weighted by Gasteiger charge is 2.30. The summed E-state index contributed by atoms with van der Waals surface area (Å²) >= 11 is 0. The van der Waals surface area contributed by atoms with E-state index in [4.69, 9.17) is 22.9 Å². The Kier molecular flexibility index (Phi) is 16.2. The van der Waals surface area contributed by atoms with Crippen LogP contribution >= 0.6 is 0 Å². The summed E-state index contributed by atoms with van der Waals surface area (Å²) in [7, 11) is 0. The van der Waals surface area contributed by atoms with Gasteiger partial charge in [-0.3, -0.25) is 19.6 Å². The summed E-state index contributed by atoms with van der Waals surface area (Å²) in [5.41, 5.74) is 22.0. The normalized spacial score (nSPS) is 13.4. The first-order valence-electron chi connectivity index (χ1n) is 13.8. The lowest BCUT2D eigenvalue weighted by molar-refractivity contribution is -0.139. The molecule has 16 heteroatoms. The molecule has 1 aromatic carbocycles. The Labute approximate surface area is 250 Å². The zero-order valence-electron chi connectivity index (χ0n) is 24.5. The van der Waals surface area contributed by atoms with Crippen LogP contribution in [0.3, 0.4) is 0 Å².